The predicted molar refractivity (Wildman–Crippen MR) is 56.2 cm³/mol. The summed E-state index contributed by atoms with van der Waals surface area (Å²) in [5.41, 5.74) is 0. The van der Waals surface area contributed by atoms with Gasteiger partial charge in [0.05, 0.1) is 6.26 Å². The largest absolute Gasteiger partial charge is 0.213 e. The highest BCUT2D eigenvalue weighted by molar-refractivity contribution is 7.88. The maximum absolute atomic E-state index is 11.1. The molecule has 0 N–H and O–H groups in total. The molecule has 0 amide bonds. The molecule has 0 aliphatic carbocycles. The summed E-state index contributed by atoms with van der Waals surface area (Å²) in [6.45, 7) is 7.51. The first-order valence-electron chi connectivity index (χ1n) is 4.95. The van der Waals surface area contributed by atoms with E-state index < -0.39 is 10.0 Å². The van der Waals surface area contributed by atoms with E-state index in [1.54, 1.807) is 4.31 Å². The maximum atomic E-state index is 11.1. The molecule has 13 heavy (non-hydrogen) atoms. The van der Waals surface area contributed by atoms with Crippen LogP contribution in [0.3, 0.4) is 0 Å². The van der Waals surface area contributed by atoms with Crippen LogP contribution < -0.4 is 0 Å². The first kappa shape index (κ1) is 12.9. The van der Waals surface area contributed by atoms with Crippen LogP contribution in [-0.4, -0.2) is 32.1 Å². The molecule has 1 atom stereocenters. The Hall–Kier alpha value is -0.0900. The zero-order valence-electron chi connectivity index (χ0n) is 9.08. The van der Waals surface area contributed by atoms with Crippen molar-refractivity contribution >= 4 is 10.0 Å². The molecule has 1 fully saturated rings. The van der Waals surface area contributed by atoms with Gasteiger partial charge in [0.25, 0.3) is 0 Å². The van der Waals surface area contributed by atoms with E-state index >= 15 is 0 Å². The lowest BCUT2D eigenvalue weighted by Gasteiger charge is -2.28. The lowest BCUT2D eigenvalue weighted by atomic mass is 10.0. The molecule has 0 bridgehead atoms. The molecule has 4 heteroatoms. The summed E-state index contributed by atoms with van der Waals surface area (Å²) in [7, 11) is -2.93. The lowest BCUT2D eigenvalue weighted by molar-refractivity contribution is 0.283. The SMILES string of the molecule is CC.CC1CCCN(S(C)(=O)=O)C1. The third kappa shape index (κ3) is 4.62. The van der Waals surface area contributed by atoms with Crippen LogP contribution in [0.1, 0.15) is 33.6 Å². The van der Waals surface area contributed by atoms with Crippen LogP contribution in [0.4, 0.5) is 0 Å². The molecular weight excluding hydrogens is 186 g/mol. The summed E-state index contributed by atoms with van der Waals surface area (Å²) in [4.78, 5) is 0. The fourth-order valence-corrected chi connectivity index (χ4v) is 2.43. The van der Waals surface area contributed by atoms with Crippen molar-refractivity contribution in [1.29, 1.82) is 0 Å². The Morgan fingerprint density at radius 1 is 1.31 bits per heavy atom. The summed E-state index contributed by atoms with van der Waals surface area (Å²) in [6, 6.07) is 0. The quantitative estimate of drug-likeness (QED) is 0.656. The van der Waals surface area contributed by atoms with Crippen LogP contribution in [-0.2, 0) is 10.0 Å². The van der Waals surface area contributed by atoms with Crippen LogP contribution in [0.25, 0.3) is 0 Å². The van der Waals surface area contributed by atoms with Crippen molar-refractivity contribution in [3.05, 3.63) is 0 Å². The topological polar surface area (TPSA) is 37.4 Å². The van der Waals surface area contributed by atoms with Crippen molar-refractivity contribution in [1.82, 2.24) is 4.31 Å². The van der Waals surface area contributed by atoms with Crippen LogP contribution in [0.2, 0.25) is 0 Å². The summed E-state index contributed by atoms with van der Waals surface area (Å²) in [6.07, 6.45) is 3.45. The van der Waals surface area contributed by atoms with Gasteiger partial charge in [0.1, 0.15) is 0 Å². The number of hydrogen-bond donors (Lipinski definition) is 0. The van der Waals surface area contributed by atoms with Gasteiger partial charge in [0.2, 0.25) is 10.0 Å². The Balaban J connectivity index is 0.000000671. The summed E-state index contributed by atoms with van der Waals surface area (Å²) in [5, 5.41) is 0. The Labute approximate surface area is 82.2 Å². The molecule has 0 saturated carbocycles. The maximum Gasteiger partial charge on any atom is 0.211 e. The number of piperidine rings is 1. The molecule has 0 spiro atoms. The molecule has 0 radical (unpaired) electrons. The minimum Gasteiger partial charge on any atom is -0.213 e. The number of hydrogen-bond acceptors (Lipinski definition) is 2. The second-order valence-electron chi connectivity index (χ2n) is 3.37. The second-order valence-corrected chi connectivity index (χ2v) is 5.35. The number of rotatable bonds is 1. The number of nitrogens with zero attached hydrogens (tertiary/aromatic N) is 1. The van der Waals surface area contributed by atoms with Crippen molar-refractivity contribution in [2.75, 3.05) is 19.3 Å². The molecule has 1 unspecified atom stereocenters. The molecule has 1 aliphatic rings. The van der Waals surface area contributed by atoms with Crippen LogP contribution in [0.5, 0.6) is 0 Å². The highest BCUT2D eigenvalue weighted by Gasteiger charge is 2.22. The van der Waals surface area contributed by atoms with E-state index in [0.717, 1.165) is 12.8 Å². The van der Waals surface area contributed by atoms with E-state index in [1.165, 1.54) is 6.26 Å². The number of sulfonamides is 1. The Bertz CT molecular complexity index is 224. The zero-order chi connectivity index (χ0) is 10.5. The predicted octanol–water partition coefficient (Wildman–Crippen LogP) is 1.70. The van der Waals surface area contributed by atoms with Crippen LogP contribution in [0, 0.1) is 5.92 Å². The Kier molecular flexibility index (Phi) is 5.56. The monoisotopic (exact) mass is 207 g/mol. The van der Waals surface area contributed by atoms with Gasteiger partial charge < -0.3 is 0 Å². The average molecular weight is 207 g/mol. The van der Waals surface area contributed by atoms with Crippen molar-refractivity contribution < 1.29 is 8.42 Å². The van der Waals surface area contributed by atoms with Gasteiger partial charge in [-0.15, -0.1) is 0 Å². The van der Waals surface area contributed by atoms with Gasteiger partial charge in [-0.1, -0.05) is 20.8 Å². The van der Waals surface area contributed by atoms with Crippen molar-refractivity contribution in [2.45, 2.75) is 33.6 Å². The standard InChI is InChI=1S/C7H15NO2S.C2H6/c1-7-4-3-5-8(6-7)11(2,9)10;1-2/h7H,3-6H2,1-2H3;1-2H3. The molecule has 1 aliphatic heterocycles. The Morgan fingerprint density at radius 3 is 2.15 bits per heavy atom. The Morgan fingerprint density at radius 2 is 1.85 bits per heavy atom. The fraction of sp³-hybridized carbons (Fsp3) is 1.00. The van der Waals surface area contributed by atoms with E-state index in [9.17, 15) is 8.42 Å². The van der Waals surface area contributed by atoms with Gasteiger partial charge in [-0.2, -0.15) is 0 Å². The second kappa shape index (κ2) is 5.60. The van der Waals surface area contributed by atoms with Crippen molar-refractivity contribution in [3.8, 4) is 0 Å². The average Bonchev–Trinajstić information content (AvgIpc) is 2.06. The summed E-state index contributed by atoms with van der Waals surface area (Å²) >= 11 is 0. The lowest BCUT2D eigenvalue weighted by Crippen LogP contribution is -2.38. The molecule has 0 aromatic heterocycles. The molecule has 1 rings (SSSR count). The highest BCUT2D eigenvalue weighted by atomic mass is 32.2. The summed E-state index contributed by atoms with van der Waals surface area (Å²) in [5.74, 6) is 0.526. The molecule has 0 aromatic carbocycles. The smallest absolute Gasteiger partial charge is 0.211 e. The van der Waals surface area contributed by atoms with E-state index in [-0.39, 0.29) is 0 Å². The van der Waals surface area contributed by atoms with Crippen molar-refractivity contribution in [2.24, 2.45) is 5.92 Å². The zero-order valence-corrected chi connectivity index (χ0v) is 9.89. The first-order chi connectivity index (χ1) is 6.00. The van der Waals surface area contributed by atoms with E-state index in [0.29, 0.717) is 19.0 Å². The minimum atomic E-state index is -2.93. The van der Waals surface area contributed by atoms with E-state index in [2.05, 4.69) is 6.92 Å². The first-order valence-corrected chi connectivity index (χ1v) is 6.80. The molecular formula is C9H21NO2S. The van der Waals surface area contributed by atoms with Crippen molar-refractivity contribution in [3.63, 3.8) is 0 Å². The third-order valence-electron chi connectivity index (χ3n) is 2.09. The molecule has 1 heterocycles. The third-order valence-corrected chi connectivity index (χ3v) is 3.36. The van der Waals surface area contributed by atoms with E-state index in [4.69, 9.17) is 0 Å². The van der Waals surface area contributed by atoms with Gasteiger partial charge in [0.15, 0.2) is 0 Å². The van der Waals surface area contributed by atoms with Gasteiger partial charge >= 0.3 is 0 Å². The summed E-state index contributed by atoms with van der Waals surface area (Å²) < 4.78 is 23.7. The van der Waals surface area contributed by atoms with Gasteiger partial charge in [-0.05, 0) is 18.8 Å². The normalized spacial score (nSPS) is 24.8. The molecule has 80 valence electrons. The van der Waals surface area contributed by atoms with Crippen LogP contribution in [0.15, 0.2) is 0 Å². The fourth-order valence-electron chi connectivity index (χ4n) is 1.45. The highest BCUT2D eigenvalue weighted by Crippen LogP contribution is 2.17. The van der Waals surface area contributed by atoms with Gasteiger partial charge in [-0.25, -0.2) is 12.7 Å². The van der Waals surface area contributed by atoms with E-state index in [1.807, 2.05) is 13.8 Å². The molecule has 3 nitrogen and oxygen atoms in total. The molecule has 1 saturated heterocycles. The van der Waals surface area contributed by atoms with Gasteiger partial charge in [-0.3, -0.25) is 0 Å². The van der Waals surface area contributed by atoms with Gasteiger partial charge in [0, 0.05) is 13.1 Å². The minimum absolute atomic E-state index is 0.526. The molecule has 0 aromatic rings. The van der Waals surface area contributed by atoms with Crippen LogP contribution >= 0.6 is 0 Å².